The number of rotatable bonds is 6. The third-order valence-corrected chi connectivity index (χ3v) is 4.60. The lowest BCUT2D eigenvalue weighted by molar-refractivity contribution is 0.317. The van der Waals surface area contributed by atoms with Crippen molar-refractivity contribution in [1.29, 1.82) is 0 Å². The molecule has 1 saturated heterocycles. The van der Waals surface area contributed by atoms with Crippen LogP contribution in [0.5, 0.6) is 0 Å². The largest absolute Gasteiger partial charge is 0.357 e. The Hall–Kier alpha value is -0.300. The van der Waals surface area contributed by atoms with Gasteiger partial charge in [0.2, 0.25) is 0 Å². The van der Waals surface area contributed by atoms with Crippen molar-refractivity contribution >= 4 is 29.9 Å². The molecule has 0 aromatic carbocycles. The molecule has 4 nitrogen and oxygen atoms in total. The van der Waals surface area contributed by atoms with Gasteiger partial charge in [0, 0.05) is 19.1 Å². The lowest BCUT2D eigenvalue weighted by Gasteiger charge is -2.19. The number of nitrogens with zero attached hydrogens (tertiary/aromatic N) is 2. The van der Waals surface area contributed by atoms with Crippen LogP contribution in [0.3, 0.4) is 0 Å². The van der Waals surface area contributed by atoms with E-state index in [0.29, 0.717) is 6.04 Å². The molecule has 0 bridgehead atoms. The van der Waals surface area contributed by atoms with Gasteiger partial charge in [-0.15, -0.1) is 24.0 Å². The molecule has 2 N–H and O–H groups in total. The van der Waals surface area contributed by atoms with Crippen LogP contribution in [0, 0.1) is 0 Å². The highest BCUT2D eigenvalue weighted by Gasteiger charge is 2.20. The normalized spacial score (nSPS) is 22.9. The monoisotopic (exact) mass is 420 g/mol. The molecule has 2 rings (SSSR count). The van der Waals surface area contributed by atoms with Gasteiger partial charge in [0.1, 0.15) is 0 Å². The molecule has 1 atom stereocenters. The van der Waals surface area contributed by atoms with E-state index in [-0.39, 0.29) is 24.0 Å². The molecule has 0 radical (unpaired) electrons. The number of nitrogens with one attached hydrogen (secondary N) is 2. The quantitative estimate of drug-likeness (QED) is 0.300. The van der Waals surface area contributed by atoms with Gasteiger partial charge >= 0.3 is 0 Å². The Bertz CT molecular complexity index is 368. The summed E-state index contributed by atoms with van der Waals surface area (Å²) in [5.41, 5.74) is 1.63. The summed E-state index contributed by atoms with van der Waals surface area (Å²) in [6.45, 7) is 6.18. The molecule has 1 heterocycles. The van der Waals surface area contributed by atoms with Crippen LogP contribution in [0.25, 0.3) is 0 Å². The molecule has 5 heteroatoms. The standard InChI is InChI=1S/C17H32N4.HI/c1-3-18-17(20-14-16-10-7-13-21(16)2)19-12-11-15-8-5-4-6-9-15;/h8,16H,3-7,9-14H2,1-2H3,(H2,18,19,20);1H. The SMILES string of the molecule is CCNC(=NCC1CCCN1C)NCCC1=CCCCC1.I. The second-order valence-electron chi connectivity index (χ2n) is 6.28. The Kier molecular flexibility index (Phi) is 10.1. The average molecular weight is 420 g/mol. The molecule has 1 aliphatic heterocycles. The fourth-order valence-corrected chi connectivity index (χ4v) is 3.22. The third-order valence-electron chi connectivity index (χ3n) is 4.60. The van der Waals surface area contributed by atoms with Crippen LogP contribution in [-0.2, 0) is 0 Å². The van der Waals surface area contributed by atoms with Gasteiger partial charge in [0.15, 0.2) is 5.96 Å². The lowest BCUT2D eigenvalue weighted by atomic mass is 9.97. The van der Waals surface area contributed by atoms with Crippen molar-refractivity contribution < 1.29 is 0 Å². The number of guanidine groups is 1. The van der Waals surface area contributed by atoms with Crippen molar-refractivity contribution in [2.24, 2.45) is 4.99 Å². The molecule has 22 heavy (non-hydrogen) atoms. The van der Waals surface area contributed by atoms with E-state index in [4.69, 9.17) is 4.99 Å². The maximum absolute atomic E-state index is 4.76. The second kappa shape index (κ2) is 11.3. The number of allylic oxidation sites excluding steroid dienone is 1. The molecule has 2 aliphatic rings. The van der Waals surface area contributed by atoms with Crippen molar-refractivity contribution in [3.05, 3.63) is 11.6 Å². The van der Waals surface area contributed by atoms with E-state index >= 15 is 0 Å². The van der Waals surface area contributed by atoms with Crippen molar-refractivity contribution in [1.82, 2.24) is 15.5 Å². The van der Waals surface area contributed by atoms with Crippen LogP contribution in [0.4, 0.5) is 0 Å². The van der Waals surface area contributed by atoms with Crippen LogP contribution in [0.1, 0.15) is 51.9 Å². The van der Waals surface area contributed by atoms with Gasteiger partial charge < -0.3 is 15.5 Å². The first kappa shape index (κ1) is 19.7. The average Bonchev–Trinajstić information content (AvgIpc) is 2.91. The van der Waals surface area contributed by atoms with Crippen molar-refractivity contribution in [3.63, 3.8) is 0 Å². The van der Waals surface area contributed by atoms with E-state index < -0.39 is 0 Å². The van der Waals surface area contributed by atoms with Crippen LogP contribution >= 0.6 is 24.0 Å². The van der Waals surface area contributed by atoms with E-state index in [9.17, 15) is 0 Å². The molecule has 1 fully saturated rings. The van der Waals surface area contributed by atoms with E-state index in [1.165, 1.54) is 45.1 Å². The van der Waals surface area contributed by atoms with Gasteiger partial charge in [-0.1, -0.05) is 11.6 Å². The highest BCUT2D eigenvalue weighted by molar-refractivity contribution is 14.0. The third kappa shape index (κ3) is 6.86. The van der Waals surface area contributed by atoms with E-state index in [2.05, 4.69) is 35.6 Å². The Balaban J connectivity index is 0.00000242. The summed E-state index contributed by atoms with van der Waals surface area (Å²) in [5.74, 6) is 0.981. The summed E-state index contributed by atoms with van der Waals surface area (Å²) >= 11 is 0. The minimum absolute atomic E-state index is 0. The number of hydrogen-bond acceptors (Lipinski definition) is 2. The molecule has 0 amide bonds. The highest BCUT2D eigenvalue weighted by Crippen LogP contribution is 2.19. The second-order valence-corrected chi connectivity index (χ2v) is 6.28. The van der Waals surface area contributed by atoms with Crippen LogP contribution < -0.4 is 10.6 Å². The Morgan fingerprint density at radius 1 is 1.32 bits per heavy atom. The summed E-state index contributed by atoms with van der Waals surface area (Å²) in [7, 11) is 2.21. The van der Waals surface area contributed by atoms with Crippen molar-refractivity contribution in [2.75, 3.05) is 33.2 Å². The minimum atomic E-state index is 0. The van der Waals surface area contributed by atoms with Crippen LogP contribution in [0.15, 0.2) is 16.6 Å². The number of hydrogen-bond donors (Lipinski definition) is 2. The Labute approximate surface area is 153 Å². The number of halogens is 1. The number of likely N-dealkylation sites (N-methyl/N-ethyl adjacent to an activating group) is 1. The van der Waals surface area contributed by atoms with Gasteiger partial charge in [-0.05, 0) is 65.5 Å². The topological polar surface area (TPSA) is 39.7 Å². The van der Waals surface area contributed by atoms with Crippen molar-refractivity contribution in [2.45, 2.75) is 57.9 Å². The summed E-state index contributed by atoms with van der Waals surface area (Å²) in [6.07, 6.45) is 11.5. The van der Waals surface area contributed by atoms with Crippen LogP contribution in [0.2, 0.25) is 0 Å². The number of likely N-dealkylation sites (tertiary alicyclic amines) is 1. The van der Waals surface area contributed by atoms with Gasteiger partial charge in [-0.2, -0.15) is 0 Å². The molecule has 1 unspecified atom stereocenters. The van der Waals surface area contributed by atoms with E-state index in [1.807, 2.05) is 0 Å². The summed E-state index contributed by atoms with van der Waals surface area (Å²) < 4.78 is 0. The molecular weight excluding hydrogens is 387 g/mol. The molecule has 128 valence electrons. The first-order valence-electron chi connectivity index (χ1n) is 8.70. The number of aliphatic imine (C=N–C) groups is 1. The van der Waals surface area contributed by atoms with Crippen molar-refractivity contribution in [3.8, 4) is 0 Å². The Morgan fingerprint density at radius 3 is 2.82 bits per heavy atom. The first-order chi connectivity index (χ1) is 10.3. The summed E-state index contributed by atoms with van der Waals surface area (Å²) in [5, 5.41) is 6.85. The summed E-state index contributed by atoms with van der Waals surface area (Å²) in [4.78, 5) is 7.19. The van der Waals surface area contributed by atoms with E-state index in [0.717, 1.165) is 32.0 Å². The highest BCUT2D eigenvalue weighted by atomic mass is 127. The minimum Gasteiger partial charge on any atom is -0.357 e. The zero-order chi connectivity index (χ0) is 14.9. The summed E-state index contributed by atoms with van der Waals surface area (Å²) in [6, 6.07) is 0.626. The predicted molar refractivity (Wildman–Crippen MR) is 106 cm³/mol. The molecular formula is C17H33IN4. The fourth-order valence-electron chi connectivity index (χ4n) is 3.22. The maximum atomic E-state index is 4.76. The predicted octanol–water partition coefficient (Wildman–Crippen LogP) is 3.14. The molecule has 0 aromatic heterocycles. The van der Waals surface area contributed by atoms with Gasteiger partial charge in [0.25, 0.3) is 0 Å². The lowest BCUT2D eigenvalue weighted by Crippen LogP contribution is -2.39. The van der Waals surface area contributed by atoms with Crippen LogP contribution in [-0.4, -0.2) is 50.1 Å². The van der Waals surface area contributed by atoms with Gasteiger partial charge in [0.05, 0.1) is 6.54 Å². The molecule has 0 aromatic rings. The fraction of sp³-hybridized carbons (Fsp3) is 0.824. The molecule has 1 aliphatic carbocycles. The maximum Gasteiger partial charge on any atom is 0.191 e. The van der Waals surface area contributed by atoms with Gasteiger partial charge in [-0.3, -0.25) is 4.99 Å². The zero-order valence-electron chi connectivity index (χ0n) is 14.2. The van der Waals surface area contributed by atoms with E-state index in [1.54, 1.807) is 5.57 Å². The Morgan fingerprint density at radius 2 is 2.18 bits per heavy atom. The molecule has 0 saturated carbocycles. The first-order valence-corrected chi connectivity index (χ1v) is 8.70. The smallest absolute Gasteiger partial charge is 0.191 e. The zero-order valence-corrected chi connectivity index (χ0v) is 16.6. The van der Waals surface area contributed by atoms with Gasteiger partial charge in [-0.25, -0.2) is 0 Å². The molecule has 0 spiro atoms.